The predicted octanol–water partition coefficient (Wildman–Crippen LogP) is 6.31. The molecular formula is C33H28N2O6S. The van der Waals surface area contributed by atoms with Crippen LogP contribution in [0.15, 0.2) is 97.1 Å². The van der Waals surface area contributed by atoms with Crippen molar-refractivity contribution in [2.45, 2.75) is 26.5 Å². The number of esters is 1. The van der Waals surface area contributed by atoms with Gasteiger partial charge in [0.15, 0.2) is 5.13 Å². The smallest absolute Gasteiger partial charge is 0.350 e. The van der Waals surface area contributed by atoms with E-state index in [4.69, 9.17) is 9.47 Å². The second kappa shape index (κ2) is 12.2. The van der Waals surface area contributed by atoms with Crippen molar-refractivity contribution >= 4 is 39.9 Å². The molecule has 1 unspecified atom stereocenters. The predicted molar refractivity (Wildman–Crippen MR) is 161 cm³/mol. The Kier molecular flexibility index (Phi) is 8.31. The van der Waals surface area contributed by atoms with Crippen LogP contribution in [0.1, 0.15) is 43.7 Å². The molecule has 1 aliphatic rings. The molecule has 0 saturated carbocycles. The summed E-state index contributed by atoms with van der Waals surface area (Å²) < 4.78 is 11.1. The Morgan fingerprint density at radius 1 is 1.05 bits per heavy atom. The van der Waals surface area contributed by atoms with E-state index in [9.17, 15) is 19.5 Å². The Bertz CT molecular complexity index is 1690. The number of amides is 1. The average Bonchev–Trinajstić information content (AvgIpc) is 3.52. The van der Waals surface area contributed by atoms with Crippen molar-refractivity contribution in [3.8, 4) is 5.75 Å². The van der Waals surface area contributed by atoms with E-state index >= 15 is 0 Å². The first kappa shape index (κ1) is 28.5. The number of aliphatic hydroxyl groups is 1. The van der Waals surface area contributed by atoms with Gasteiger partial charge in [-0.15, -0.1) is 0 Å². The number of ketones is 1. The molecule has 1 aliphatic heterocycles. The highest BCUT2D eigenvalue weighted by Crippen LogP contribution is 2.44. The van der Waals surface area contributed by atoms with Gasteiger partial charge in [-0.1, -0.05) is 84.7 Å². The minimum atomic E-state index is -0.969. The number of carbonyl (C=O) groups excluding carboxylic acids is 3. The van der Waals surface area contributed by atoms with Crippen LogP contribution in [0.25, 0.3) is 5.76 Å². The summed E-state index contributed by atoms with van der Waals surface area (Å²) in [4.78, 5) is 45.4. The zero-order valence-electron chi connectivity index (χ0n) is 23.1. The van der Waals surface area contributed by atoms with Gasteiger partial charge in [-0.2, -0.15) is 0 Å². The Morgan fingerprint density at radius 3 is 2.40 bits per heavy atom. The second-order valence-electron chi connectivity index (χ2n) is 9.63. The monoisotopic (exact) mass is 580 g/mol. The number of anilines is 1. The van der Waals surface area contributed by atoms with Gasteiger partial charge < -0.3 is 14.6 Å². The molecule has 0 bridgehead atoms. The van der Waals surface area contributed by atoms with Gasteiger partial charge in [0.05, 0.1) is 17.3 Å². The number of aromatic nitrogens is 1. The highest BCUT2D eigenvalue weighted by Gasteiger charge is 2.48. The van der Waals surface area contributed by atoms with Gasteiger partial charge in [-0.05, 0) is 48.7 Å². The van der Waals surface area contributed by atoms with E-state index in [2.05, 4.69) is 11.6 Å². The Hall–Kier alpha value is -5.02. The largest absolute Gasteiger partial charge is 0.507 e. The maximum atomic E-state index is 13.5. The van der Waals surface area contributed by atoms with E-state index in [0.717, 1.165) is 22.5 Å². The summed E-state index contributed by atoms with van der Waals surface area (Å²) in [5.41, 5.74) is 3.01. The fraction of sp³-hybridized carbons (Fsp3) is 0.152. The zero-order valence-corrected chi connectivity index (χ0v) is 23.9. The minimum Gasteiger partial charge on any atom is -0.507 e. The Balaban J connectivity index is 1.53. The summed E-state index contributed by atoms with van der Waals surface area (Å²) >= 11 is 0.949. The third kappa shape index (κ3) is 5.59. The van der Waals surface area contributed by atoms with E-state index in [-0.39, 0.29) is 27.9 Å². The maximum Gasteiger partial charge on any atom is 0.350 e. The number of nitrogens with zero attached hydrogens (tertiary/aromatic N) is 2. The van der Waals surface area contributed by atoms with Crippen molar-refractivity contribution in [3.05, 3.63) is 130 Å². The number of aliphatic hydroxyl groups excluding tert-OH is 1. The number of ether oxygens (including phenoxy) is 2. The summed E-state index contributed by atoms with van der Waals surface area (Å²) in [6.07, 6.45) is 1.45. The van der Waals surface area contributed by atoms with Crippen LogP contribution in [0.4, 0.5) is 5.13 Å². The van der Waals surface area contributed by atoms with Crippen LogP contribution in [0.5, 0.6) is 5.75 Å². The summed E-state index contributed by atoms with van der Waals surface area (Å²) in [7, 11) is 0. The van der Waals surface area contributed by atoms with Crippen molar-refractivity contribution in [1.29, 1.82) is 0 Å². The Morgan fingerprint density at radius 2 is 1.74 bits per heavy atom. The van der Waals surface area contributed by atoms with Gasteiger partial charge in [-0.25, -0.2) is 9.78 Å². The lowest BCUT2D eigenvalue weighted by atomic mass is 9.95. The fourth-order valence-corrected chi connectivity index (χ4v) is 5.69. The molecule has 0 spiro atoms. The van der Waals surface area contributed by atoms with Crippen molar-refractivity contribution in [3.63, 3.8) is 0 Å². The van der Waals surface area contributed by atoms with E-state index < -0.39 is 23.7 Å². The first-order valence-corrected chi connectivity index (χ1v) is 14.0. The lowest BCUT2D eigenvalue weighted by Gasteiger charge is -2.23. The van der Waals surface area contributed by atoms with Gasteiger partial charge in [0.1, 0.15) is 29.6 Å². The van der Waals surface area contributed by atoms with Gasteiger partial charge >= 0.3 is 11.9 Å². The maximum absolute atomic E-state index is 13.5. The first-order chi connectivity index (χ1) is 20.3. The van der Waals surface area contributed by atoms with Crippen LogP contribution in [-0.2, 0) is 20.9 Å². The number of aryl methyl sites for hydroxylation is 2. The summed E-state index contributed by atoms with van der Waals surface area (Å²) in [5, 5.41) is 11.7. The molecule has 4 aromatic rings. The fourth-order valence-electron chi connectivity index (χ4n) is 4.70. The van der Waals surface area contributed by atoms with Gasteiger partial charge in [0.25, 0.3) is 5.78 Å². The molecule has 8 nitrogen and oxygen atoms in total. The molecule has 5 rings (SSSR count). The molecule has 1 fully saturated rings. The molecule has 9 heteroatoms. The topological polar surface area (TPSA) is 106 Å². The number of benzene rings is 3. The van der Waals surface area contributed by atoms with Crippen LogP contribution in [0.3, 0.4) is 0 Å². The summed E-state index contributed by atoms with van der Waals surface area (Å²) in [6, 6.07) is 22.8. The molecule has 1 atom stereocenters. The molecule has 0 radical (unpaired) electrons. The Labute approximate surface area is 247 Å². The van der Waals surface area contributed by atoms with E-state index in [1.165, 1.54) is 11.0 Å². The second-order valence-corrected chi connectivity index (χ2v) is 10.6. The van der Waals surface area contributed by atoms with Crippen molar-refractivity contribution in [1.82, 2.24) is 4.98 Å². The molecule has 1 amide bonds. The van der Waals surface area contributed by atoms with Crippen LogP contribution < -0.4 is 9.64 Å². The number of hydrogen-bond donors (Lipinski definition) is 1. The average molecular weight is 581 g/mol. The van der Waals surface area contributed by atoms with Crippen molar-refractivity contribution < 1.29 is 29.0 Å². The SMILES string of the molecule is C=CCOC(=O)c1sc(N2C(=O)C(=O)C(=C(O)c3ccc(OCc4ccccc4)c(C)c3)C2c2ccccc2)nc1C. The molecule has 1 saturated heterocycles. The van der Waals surface area contributed by atoms with Crippen molar-refractivity contribution in [2.24, 2.45) is 0 Å². The van der Waals surface area contributed by atoms with E-state index in [1.54, 1.807) is 49.4 Å². The van der Waals surface area contributed by atoms with E-state index in [0.29, 0.717) is 29.2 Å². The molecule has 212 valence electrons. The number of Topliss-reactive ketones (excluding diaryl/α,β-unsaturated/α-hetero) is 1. The molecular weight excluding hydrogens is 552 g/mol. The summed E-state index contributed by atoms with van der Waals surface area (Å²) in [6.45, 7) is 7.42. The number of thiazole rings is 1. The molecule has 1 N–H and O–H groups in total. The van der Waals surface area contributed by atoms with Gasteiger partial charge in [-0.3, -0.25) is 14.5 Å². The highest BCUT2D eigenvalue weighted by atomic mass is 32.1. The zero-order chi connectivity index (χ0) is 29.8. The summed E-state index contributed by atoms with van der Waals surface area (Å²) in [5.74, 6) is -2.00. The van der Waals surface area contributed by atoms with Crippen LogP contribution >= 0.6 is 11.3 Å². The molecule has 3 aromatic carbocycles. The number of hydrogen-bond acceptors (Lipinski definition) is 8. The normalized spacial score (nSPS) is 16.0. The van der Waals surface area contributed by atoms with Crippen LogP contribution in [0.2, 0.25) is 0 Å². The minimum absolute atomic E-state index is 0.0234. The number of carbonyl (C=O) groups is 3. The van der Waals surface area contributed by atoms with Crippen LogP contribution in [-0.4, -0.2) is 34.4 Å². The van der Waals surface area contributed by atoms with Gasteiger partial charge in [0.2, 0.25) is 0 Å². The lowest BCUT2D eigenvalue weighted by Crippen LogP contribution is -2.29. The van der Waals surface area contributed by atoms with Crippen molar-refractivity contribution in [2.75, 3.05) is 11.5 Å². The molecule has 2 heterocycles. The lowest BCUT2D eigenvalue weighted by molar-refractivity contribution is -0.132. The quantitative estimate of drug-likeness (QED) is 0.0813. The van der Waals surface area contributed by atoms with E-state index in [1.807, 2.05) is 43.3 Å². The number of rotatable bonds is 9. The van der Waals surface area contributed by atoms with Gasteiger partial charge in [0, 0.05) is 5.56 Å². The molecule has 1 aromatic heterocycles. The highest BCUT2D eigenvalue weighted by molar-refractivity contribution is 7.17. The molecule has 0 aliphatic carbocycles. The standard InChI is InChI=1S/C33H28N2O6S/c1-4-17-40-32(39)30-21(3)34-33(42-30)35-27(23-13-9-6-10-14-23)26(29(37)31(35)38)28(36)24-15-16-25(20(2)18-24)41-19-22-11-7-5-8-12-22/h4-16,18,27,36H,1,17,19H2,2-3H3. The van der Waals surface area contributed by atoms with Crippen LogP contribution in [0, 0.1) is 13.8 Å². The third-order valence-electron chi connectivity index (χ3n) is 6.75. The molecule has 42 heavy (non-hydrogen) atoms. The first-order valence-electron chi connectivity index (χ1n) is 13.2. The third-order valence-corrected chi connectivity index (χ3v) is 7.89.